The lowest BCUT2D eigenvalue weighted by atomic mass is 10.0. The van der Waals surface area contributed by atoms with Crippen LogP contribution in [0.15, 0.2) is 36.5 Å². The fourth-order valence-electron chi connectivity index (χ4n) is 6.92. The monoisotopic (exact) mass is 801 g/mol. The maximum Gasteiger partial charge on any atom is 0.306 e. The predicted octanol–water partition coefficient (Wildman–Crippen LogP) is 15.8. The van der Waals surface area contributed by atoms with Crippen molar-refractivity contribution in [2.75, 3.05) is 13.2 Å². The molecule has 6 heteroatoms. The molecule has 0 radical (unpaired) electrons. The average Bonchev–Trinajstić information content (AvgIpc) is 3.21. The number of ether oxygens (including phenoxy) is 3. The van der Waals surface area contributed by atoms with E-state index in [1.165, 1.54) is 135 Å². The van der Waals surface area contributed by atoms with Crippen LogP contribution in [0.1, 0.15) is 252 Å². The topological polar surface area (TPSA) is 78.9 Å². The summed E-state index contributed by atoms with van der Waals surface area (Å²) < 4.78 is 16.7. The van der Waals surface area contributed by atoms with Gasteiger partial charge in [-0.15, -0.1) is 0 Å². The van der Waals surface area contributed by atoms with Gasteiger partial charge in [-0.1, -0.05) is 211 Å². The minimum absolute atomic E-state index is 0.0744. The molecule has 0 heterocycles. The van der Waals surface area contributed by atoms with E-state index in [4.69, 9.17) is 14.2 Å². The molecule has 0 aliphatic carbocycles. The van der Waals surface area contributed by atoms with Gasteiger partial charge in [-0.3, -0.25) is 14.4 Å². The number of allylic oxidation sites excluding steroid dienone is 6. The van der Waals surface area contributed by atoms with E-state index in [0.29, 0.717) is 19.3 Å². The summed E-state index contributed by atoms with van der Waals surface area (Å²) in [5.41, 5.74) is 0. The number of hydrogen-bond acceptors (Lipinski definition) is 6. The molecule has 332 valence electrons. The van der Waals surface area contributed by atoms with Crippen molar-refractivity contribution < 1.29 is 28.6 Å². The minimum atomic E-state index is -0.769. The summed E-state index contributed by atoms with van der Waals surface area (Å²) in [5, 5.41) is 0. The molecule has 0 fully saturated rings. The van der Waals surface area contributed by atoms with Crippen molar-refractivity contribution in [1.29, 1.82) is 0 Å². The molecule has 0 aromatic rings. The van der Waals surface area contributed by atoms with Crippen LogP contribution >= 0.6 is 0 Å². The van der Waals surface area contributed by atoms with Gasteiger partial charge in [-0.2, -0.15) is 0 Å². The van der Waals surface area contributed by atoms with Crippen LogP contribution in [-0.2, 0) is 28.6 Å². The lowest BCUT2D eigenvalue weighted by Gasteiger charge is -2.18. The van der Waals surface area contributed by atoms with Crippen molar-refractivity contribution in [3.05, 3.63) is 36.5 Å². The van der Waals surface area contributed by atoms with Crippen LogP contribution in [-0.4, -0.2) is 37.2 Å². The van der Waals surface area contributed by atoms with Gasteiger partial charge in [0.1, 0.15) is 13.2 Å². The van der Waals surface area contributed by atoms with E-state index < -0.39 is 6.10 Å². The predicted molar refractivity (Wildman–Crippen MR) is 242 cm³/mol. The first-order valence-corrected chi connectivity index (χ1v) is 24.5. The van der Waals surface area contributed by atoms with Crippen LogP contribution in [0.3, 0.4) is 0 Å². The van der Waals surface area contributed by atoms with Gasteiger partial charge in [0.25, 0.3) is 0 Å². The van der Waals surface area contributed by atoms with E-state index in [9.17, 15) is 14.4 Å². The quantitative estimate of drug-likeness (QED) is 0.0264. The molecule has 0 aliphatic heterocycles. The standard InChI is InChI=1S/C51H92O6/c1-4-7-10-13-16-18-20-22-23-24-25-26-27-28-29-30-32-33-35-38-41-44-50(53)56-47-48(46-55-49(52)43-40-37-15-12-9-6-3)57-51(54)45-42-39-36-34-31-21-19-17-14-11-8-5-2/h20,22,24-25,27-28,48H,4-19,21,23,26,29-47H2,1-3H3/b22-20-,25-24-,28-27-. The summed E-state index contributed by atoms with van der Waals surface area (Å²) in [5.74, 6) is -0.891. The van der Waals surface area contributed by atoms with E-state index in [0.717, 1.165) is 77.0 Å². The van der Waals surface area contributed by atoms with Gasteiger partial charge in [-0.25, -0.2) is 0 Å². The van der Waals surface area contributed by atoms with Crippen molar-refractivity contribution in [1.82, 2.24) is 0 Å². The van der Waals surface area contributed by atoms with Gasteiger partial charge in [0.05, 0.1) is 0 Å². The molecule has 0 rings (SSSR count). The van der Waals surface area contributed by atoms with Gasteiger partial charge in [-0.05, 0) is 57.8 Å². The largest absolute Gasteiger partial charge is 0.462 e. The van der Waals surface area contributed by atoms with E-state index in [-0.39, 0.29) is 31.1 Å². The zero-order chi connectivity index (χ0) is 41.5. The first-order valence-electron chi connectivity index (χ1n) is 24.5. The molecule has 0 N–H and O–H groups in total. The first-order chi connectivity index (χ1) is 28.0. The molecule has 57 heavy (non-hydrogen) atoms. The van der Waals surface area contributed by atoms with E-state index in [2.05, 4.69) is 57.2 Å². The van der Waals surface area contributed by atoms with Crippen LogP contribution < -0.4 is 0 Å². The fraction of sp³-hybridized carbons (Fsp3) is 0.824. The lowest BCUT2D eigenvalue weighted by Crippen LogP contribution is -2.30. The van der Waals surface area contributed by atoms with Gasteiger partial charge in [0.2, 0.25) is 0 Å². The van der Waals surface area contributed by atoms with Crippen LogP contribution in [0.5, 0.6) is 0 Å². The Bertz CT molecular complexity index is 969. The third kappa shape index (κ3) is 44.6. The van der Waals surface area contributed by atoms with E-state index >= 15 is 0 Å². The highest BCUT2D eigenvalue weighted by Crippen LogP contribution is 2.15. The lowest BCUT2D eigenvalue weighted by molar-refractivity contribution is -0.167. The molecule has 0 amide bonds. The number of carbonyl (C=O) groups excluding carboxylic acids is 3. The maximum atomic E-state index is 12.7. The molecule has 1 atom stereocenters. The zero-order valence-electron chi connectivity index (χ0n) is 37.9. The third-order valence-electron chi connectivity index (χ3n) is 10.6. The highest BCUT2D eigenvalue weighted by Gasteiger charge is 2.19. The van der Waals surface area contributed by atoms with Crippen LogP contribution in [0.2, 0.25) is 0 Å². The number of hydrogen-bond donors (Lipinski definition) is 0. The number of carbonyl (C=O) groups is 3. The highest BCUT2D eigenvalue weighted by molar-refractivity contribution is 5.71. The summed E-state index contributed by atoms with van der Waals surface area (Å²) in [6.07, 6.45) is 52.9. The normalized spacial score (nSPS) is 12.3. The molecule has 0 saturated carbocycles. The Kier molecular flexibility index (Phi) is 44.4. The summed E-state index contributed by atoms with van der Waals surface area (Å²) in [6.45, 7) is 6.56. The minimum Gasteiger partial charge on any atom is -0.462 e. The van der Waals surface area contributed by atoms with Gasteiger partial charge in [0.15, 0.2) is 6.10 Å². The second-order valence-electron chi connectivity index (χ2n) is 16.4. The molecular formula is C51H92O6. The molecular weight excluding hydrogens is 709 g/mol. The molecule has 0 bridgehead atoms. The summed E-state index contributed by atoms with van der Waals surface area (Å²) in [6, 6.07) is 0. The highest BCUT2D eigenvalue weighted by atomic mass is 16.6. The number of unbranched alkanes of at least 4 members (excludes halogenated alkanes) is 27. The summed E-state index contributed by atoms with van der Waals surface area (Å²) in [4.78, 5) is 37.6. The van der Waals surface area contributed by atoms with Crippen molar-refractivity contribution in [3.63, 3.8) is 0 Å². The zero-order valence-corrected chi connectivity index (χ0v) is 37.9. The summed E-state index contributed by atoms with van der Waals surface area (Å²) >= 11 is 0. The molecule has 6 nitrogen and oxygen atoms in total. The smallest absolute Gasteiger partial charge is 0.306 e. The van der Waals surface area contributed by atoms with E-state index in [1.807, 2.05) is 0 Å². The van der Waals surface area contributed by atoms with Crippen LogP contribution in [0, 0.1) is 0 Å². The Morgan fingerprint density at radius 2 is 0.632 bits per heavy atom. The second kappa shape index (κ2) is 46.3. The molecule has 0 spiro atoms. The van der Waals surface area contributed by atoms with Gasteiger partial charge in [0, 0.05) is 19.3 Å². The van der Waals surface area contributed by atoms with Gasteiger partial charge >= 0.3 is 17.9 Å². The molecule has 1 unspecified atom stereocenters. The van der Waals surface area contributed by atoms with Crippen LogP contribution in [0.25, 0.3) is 0 Å². The van der Waals surface area contributed by atoms with Crippen molar-refractivity contribution in [2.24, 2.45) is 0 Å². The van der Waals surface area contributed by atoms with Crippen molar-refractivity contribution in [2.45, 2.75) is 258 Å². The number of rotatable bonds is 44. The van der Waals surface area contributed by atoms with Gasteiger partial charge < -0.3 is 14.2 Å². The molecule has 0 aromatic heterocycles. The fourth-order valence-corrected chi connectivity index (χ4v) is 6.92. The van der Waals surface area contributed by atoms with Crippen molar-refractivity contribution >= 4 is 17.9 Å². The molecule has 0 saturated heterocycles. The summed E-state index contributed by atoms with van der Waals surface area (Å²) in [7, 11) is 0. The SMILES string of the molecule is CCCCCCC/C=C\C/C=C\C/C=C\CCCCCCCCC(=O)OCC(COC(=O)CCCCCCCC)OC(=O)CCCCCCCCCCCCCC. The van der Waals surface area contributed by atoms with Crippen molar-refractivity contribution in [3.8, 4) is 0 Å². The Morgan fingerprint density at radius 3 is 0.982 bits per heavy atom. The second-order valence-corrected chi connectivity index (χ2v) is 16.4. The van der Waals surface area contributed by atoms with E-state index in [1.54, 1.807) is 0 Å². The third-order valence-corrected chi connectivity index (χ3v) is 10.6. The Hall–Kier alpha value is -2.37. The average molecular weight is 801 g/mol. The molecule has 0 aromatic carbocycles. The Morgan fingerprint density at radius 1 is 0.351 bits per heavy atom. The molecule has 0 aliphatic rings. The number of esters is 3. The van der Waals surface area contributed by atoms with Crippen LogP contribution in [0.4, 0.5) is 0 Å². The maximum absolute atomic E-state index is 12.7. The Balaban J connectivity index is 4.20. The first kappa shape index (κ1) is 54.6. The Labute approximate surface area is 353 Å².